The summed E-state index contributed by atoms with van der Waals surface area (Å²) in [6.45, 7) is 0.0586. The van der Waals surface area contributed by atoms with Crippen LogP contribution in [0.4, 0.5) is 8.78 Å². The fraction of sp³-hybridized carbons (Fsp3) is 0.400. The third kappa shape index (κ3) is 2.59. The Balaban J connectivity index is 3.22. The van der Waals surface area contributed by atoms with E-state index in [-0.39, 0.29) is 17.9 Å². The molecule has 0 aliphatic carbocycles. The first-order valence-electron chi connectivity index (χ1n) is 4.48. The first-order valence-corrected chi connectivity index (χ1v) is 4.48. The molecule has 0 bridgehead atoms. The summed E-state index contributed by atoms with van der Waals surface area (Å²) in [6, 6.07) is 2.64. The standard InChI is InChI=1S/C10H13F2NO3/c1-14-8-4-7(10(11)12)9(15-2)3-6(8)5-16-13/h3-4,10H,5,13H2,1-2H3. The monoisotopic (exact) mass is 233 g/mol. The van der Waals surface area contributed by atoms with E-state index < -0.39 is 6.43 Å². The van der Waals surface area contributed by atoms with Crippen LogP contribution in [0.1, 0.15) is 17.6 Å². The molecular formula is C10H13F2NO3. The van der Waals surface area contributed by atoms with Crippen LogP contribution >= 0.6 is 0 Å². The van der Waals surface area contributed by atoms with E-state index in [2.05, 4.69) is 4.84 Å². The molecule has 16 heavy (non-hydrogen) atoms. The van der Waals surface area contributed by atoms with Crippen molar-refractivity contribution in [1.82, 2.24) is 0 Å². The largest absolute Gasteiger partial charge is 0.496 e. The number of benzene rings is 1. The van der Waals surface area contributed by atoms with Crippen LogP contribution < -0.4 is 15.4 Å². The third-order valence-electron chi connectivity index (χ3n) is 2.11. The first-order chi connectivity index (χ1) is 7.63. The molecule has 1 aromatic rings. The maximum Gasteiger partial charge on any atom is 0.267 e. The Labute approximate surface area is 91.9 Å². The maximum absolute atomic E-state index is 12.7. The molecule has 0 atom stereocenters. The van der Waals surface area contributed by atoms with Gasteiger partial charge in [0.1, 0.15) is 11.5 Å². The lowest BCUT2D eigenvalue weighted by Gasteiger charge is -2.13. The third-order valence-corrected chi connectivity index (χ3v) is 2.11. The van der Waals surface area contributed by atoms with E-state index in [1.165, 1.54) is 26.4 Å². The summed E-state index contributed by atoms with van der Waals surface area (Å²) in [5.41, 5.74) is 0.325. The number of nitrogens with two attached hydrogens (primary N) is 1. The Morgan fingerprint density at radius 1 is 1.19 bits per heavy atom. The molecule has 0 unspecified atom stereocenters. The number of hydrogen-bond donors (Lipinski definition) is 1. The minimum absolute atomic E-state index is 0.0586. The summed E-state index contributed by atoms with van der Waals surface area (Å²) in [6.07, 6.45) is -2.63. The Kier molecular flexibility index (Phi) is 4.45. The smallest absolute Gasteiger partial charge is 0.267 e. The quantitative estimate of drug-likeness (QED) is 0.790. The summed E-state index contributed by atoms with van der Waals surface area (Å²) in [4.78, 5) is 4.45. The molecule has 2 N–H and O–H groups in total. The van der Waals surface area contributed by atoms with E-state index in [4.69, 9.17) is 15.4 Å². The fourth-order valence-corrected chi connectivity index (χ4v) is 1.36. The van der Waals surface area contributed by atoms with E-state index >= 15 is 0 Å². The second-order valence-corrected chi connectivity index (χ2v) is 3.02. The van der Waals surface area contributed by atoms with E-state index in [1.807, 2.05) is 0 Å². The number of alkyl halides is 2. The maximum atomic E-state index is 12.7. The van der Waals surface area contributed by atoms with Crippen LogP contribution in [0.5, 0.6) is 11.5 Å². The SMILES string of the molecule is COc1cc(C(F)F)c(OC)cc1CON. The molecule has 0 radical (unpaired) electrons. The van der Waals surface area contributed by atoms with Gasteiger partial charge in [-0.25, -0.2) is 14.7 Å². The highest BCUT2D eigenvalue weighted by atomic mass is 19.3. The normalized spacial score (nSPS) is 10.6. The van der Waals surface area contributed by atoms with Crippen molar-refractivity contribution in [2.75, 3.05) is 14.2 Å². The minimum atomic E-state index is -2.63. The predicted molar refractivity (Wildman–Crippen MR) is 53.5 cm³/mol. The van der Waals surface area contributed by atoms with Gasteiger partial charge in [0.2, 0.25) is 0 Å². The van der Waals surface area contributed by atoms with Gasteiger partial charge in [0.25, 0.3) is 6.43 Å². The summed E-state index contributed by atoms with van der Waals surface area (Å²) >= 11 is 0. The molecule has 1 rings (SSSR count). The van der Waals surface area contributed by atoms with Gasteiger partial charge >= 0.3 is 0 Å². The predicted octanol–water partition coefficient (Wildman–Crippen LogP) is 2.03. The van der Waals surface area contributed by atoms with Crippen molar-refractivity contribution in [1.29, 1.82) is 0 Å². The molecule has 0 heterocycles. The number of hydrogen-bond acceptors (Lipinski definition) is 4. The van der Waals surface area contributed by atoms with Crippen LogP contribution in [0.25, 0.3) is 0 Å². The lowest BCUT2D eigenvalue weighted by Crippen LogP contribution is -2.03. The lowest BCUT2D eigenvalue weighted by molar-refractivity contribution is 0.121. The molecule has 0 spiro atoms. The molecular weight excluding hydrogens is 220 g/mol. The van der Waals surface area contributed by atoms with Crippen LogP contribution in [0, 0.1) is 0 Å². The Bertz CT molecular complexity index is 358. The van der Waals surface area contributed by atoms with Crippen molar-refractivity contribution in [3.05, 3.63) is 23.3 Å². The molecule has 0 aliphatic heterocycles. The van der Waals surface area contributed by atoms with Gasteiger partial charge in [-0.15, -0.1) is 0 Å². The zero-order valence-electron chi connectivity index (χ0n) is 9.00. The van der Waals surface area contributed by atoms with Crippen LogP contribution in [0.2, 0.25) is 0 Å². The molecule has 0 saturated heterocycles. The van der Waals surface area contributed by atoms with E-state index in [0.29, 0.717) is 11.3 Å². The molecule has 1 aromatic carbocycles. The van der Waals surface area contributed by atoms with Crippen LogP contribution in [0.15, 0.2) is 12.1 Å². The Morgan fingerprint density at radius 3 is 2.25 bits per heavy atom. The molecule has 6 heteroatoms. The van der Waals surface area contributed by atoms with Gasteiger partial charge in [0, 0.05) is 5.56 Å². The molecule has 90 valence electrons. The molecule has 0 aromatic heterocycles. The van der Waals surface area contributed by atoms with Gasteiger partial charge in [0.05, 0.1) is 26.4 Å². The number of halogens is 2. The highest BCUT2D eigenvalue weighted by Gasteiger charge is 2.18. The van der Waals surface area contributed by atoms with E-state index in [9.17, 15) is 8.78 Å². The average molecular weight is 233 g/mol. The van der Waals surface area contributed by atoms with Crippen molar-refractivity contribution in [2.24, 2.45) is 5.90 Å². The molecule has 4 nitrogen and oxygen atoms in total. The zero-order valence-corrected chi connectivity index (χ0v) is 9.00. The highest BCUT2D eigenvalue weighted by molar-refractivity contribution is 5.46. The Hall–Kier alpha value is -1.40. The van der Waals surface area contributed by atoms with E-state index in [0.717, 1.165) is 0 Å². The van der Waals surface area contributed by atoms with Gasteiger partial charge in [-0.05, 0) is 12.1 Å². The summed E-state index contributed by atoms with van der Waals surface area (Å²) in [5.74, 6) is 5.31. The first kappa shape index (κ1) is 12.7. The number of methoxy groups -OCH3 is 2. The topological polar surface area (TPSA) is 53.7 Å². The second-order valence-electron chi connectivity index (χ2n) is 3.02. The summed E-state index contributed by atoms with van der Waals surface area (Å²) < 4.78 is 35.1. The van der Waals surface area contributed by atoms with Gasteiger partial charge in [-0.3, -0.25) is 4.84 Å². The number of ether oxygens (including phenoxy) is 2. The number of rotatable bonds is 5. The van der Waals surface area contributed by atoms with Crippen LogP contribution in [-0.2, 0) is 11.4 Å². The zero-order chi connectivity index (χ0) is 12.1. The summed E-state index contributed by atoms with van der Waals surface area (Å²) in [5, 5.41) is 0. The van der Waals surface area contributed by atoms with Gasteiger partial charge in [-0.1, -0.05) is 0 Å². The van der Waals surface area contributed by atoms with Crippen molar-refractivity contribution in [3.8, 4) is 11.5 Å². The van der Waals surface area contributed by atoms with E-state index in [1.54, 1.807) is 0 Å². The van der Waals surface area contributed by atoms with Crippen LogP contribution in [-0.4, -0.2) is 14.2 Å². The lowest BCUT2D eigenvalue weighted by atomic mass is 10.1. The van der Waals surface area contributed by atoms with Gasteiger partial charge < -0.3 is 9.47 Å². The van der Waals surface area contributed by atoms with Crippen molar-refractivity contribution in [3.63, 3.8) is 0 Å². The summed E-state index contributed by atoms with van der Waals surface area (Å²) in [7, 11) is 2.71. The molecule has 0 fully saturated rings. The molecule has 0 aliphatic rings. The van der Waals surface area contributed by atoms with Gasteiger partial charge in [-0.2, -0.15) is 0 Å². The van der Waals surface area contributed by atoms with Crippen molar-refractivity contribution >= 4 is 0 Å². The van der Waals surface area contributed by atoms with Crippen LogP contribution in [0.3, 0.4) is 0 Å². The van der Waals surface area contributed by atoms with Crippen molar-refractivity contribution < 1.29 is 23.1 Å². The fourth-order valence-electron chi connectivity index (χ4n) is 1.36. The molecule has 0 amide bonds. The minimum Gasteiger partial charge on any atom is -0.496 e. The highest BCUT2D eigenvalue weighted by Crippen LogP contribution is 2.35. The Morgan fingerprint density at radius 2 is 1.81 bits per heavy atom. The molecule has 0 saturated carbocycles. The van der Waals surface area contributed by atoms with Crippen molar-refractivity contribution in [2.45, 2.75) is 13.0 Å². The second kappa shape index (κ2) is 5.62. The van der Waals surface area contributed by atoms with Gasteiger partial charge in [0.15, 0.2) is 0 Å². The average Bonchev–Trinajstić information content (AvgIpc) is 2.28.